The Balaban J connectivity index is 2.15. The van der Waals surface area contributed by atoms with Gasteiger partial charge in [0.2, 0.25) is 4.96 Å². The number of nitrogens with zero attached hydrogens (tertiary/aromatic N) is 5. The topological polar surface area (TPSA) is 82.0 Å². The van der Waals surface area contributed by atoms with Crippen LogP contribution in [0, 0.1) is 0 Å². The second kappa shape index (κ2) is 3.77. The van der Waals surface area contributed by atoms with Crippen LogP contribution in [0.5, 0.6) is 0 Å². The van der Waals surface area contributed by atoms with Crippen LogP contribution >= 0.6 is 11.3 Å². The van der Waals surface area contributed by atoms with E-state index in [1.54, 1.807) is 16.8 Å². The molecule has 3 aromatic rings. The van der Waals surface area contributed by atoms with Crippen LogP contribution in [0.4, 0.5) is 5.82 Å². The van der Waals surface area contributed by atoms with Crippen molar-refractivity contribution < 1.29 is 0 Å². The molecule has 0 unspecified atom stereocenters. The molecular weight excluding hydrogens is 236 g/mol. The van der Waals surface area contributed by atoms with Gasteiger partial charge in [-0.25, -0.2) is 4.98 Å². The first-order chi connectivity index (χ1) is 8.28. The molecule has 17 heavy (non-hydrogen) atoms. The summed E-state index contributed by atoms with van der Waals surface area (Å²) in [6, 6.07) is 3.69. The molecule has 0 amide bonds. The Morgan fingerprint density at radius 3 is 3.06 bits per heavy atom. The Morgan fingerprint density at radius 2 is 2.29 bits per heavy atom. The van der Waals surface area contributed by atoms with Crippen molar-refractivity contribution in [2.24, 2.45) is 0 Å². The third-order valence-corrected chi connectivity index (χ3v) is 3.35. The van der Waals surface area contributed by atoms with Gasteiger partial charge in [0.05, 0.1) is 0 Å². The van der Waals surface area contributed by atoms with Crippen molar-refractivity contribution >= 4 is 22.1 Å². The molecule has 0 saturated heterocycles. The lowest BCUT2D eigenvalue weighted by atomic mass is 10.3. The molecule has 0 saturated carbocycles. The lowest BCUT2D eigenvalue weighted by molar-refractivity contribution is 0.838. The van der Waals surface area contributed by atoms with Crippen molar-refractivity contribution in [3.05, 3.63) is 24.2 Å². The van der Waals surface area contributed by atoms with Crippen molar-refractivity contribution in [3.8, 4) is 10.6 Å². The summed E-state index contributed by atoms with van der Waals surface area (Å²) in [6.07, 6.45) is 2.48. The molecule has 0 aliphatic rings. The van der Waals surface area contributed by atoms with Crippen LogP contribution in [0.3, 0.4) is 0 Å². The minimum absolute atomic E-state index is 0.490. The maximum absolute atomic E-state index is 5.65. The van der Waals surface area contributed by atoms with E-state index in [4.69, 9.17) is 5.73 Å². The third-order valence-electron chi connectivity index (χ3n) is 2.40. The number of nitrogens with two attached hydrogens (primary N) is 1. The molecule has 3 aromatic heterocycles. The quantitative estimate of drug-likeness (QED) is 0.739. The average molecular weight is 246 g/mol. The van der Waals surface area contributed by atoms with Gasteiger partial charge in [-0.1, -0.05) is 18.3 Å². The van der Waals surface area contributed by atoms with Gasteiger partial charge in [0.1, 0.15) is 10.8 Å². The lowest BCUT2D eigenvalue weighted by Crippen LogP contribution is -1.94. The van der Waals surface area contributed by atoms with E-state index >= 15 is 0 Å². The monoisotopic (exact) mass is 246 g/mol. The number of rotatable bonds is 2. The number of hydrogen-bond acceptors (Lipinski definition) is 6. The number of nitrogen functional groups attached to an aromatic ring is 1. The average Bonchev–Trinajstić information content (AvgIpc) is 2.87. The lowest BCUT2D eigenvalue weighted by Gasteiger charge is -1.95. The van der Waals surface area contributed by atoms with Crippen LogP contribution in [0.1, 0.15) is 12.7 Å². The summed E-state index contributed by atoms with van der Waals surface area (Å²) in [6.45, 7) is 2.03. The highest BCUT2D eigenvalue weighted by atomic mass is 32.1. The molecule has 3 heterocycles. The van der Waals surface area contributed by atoms with Gasteiger partial charge in [0, 0.05) is 18.2 Å². The summed E-state index contributed by atoms with van der Waals surface area (Å²) >= 11 is 1.49. The first-order valence-electron chi connectivity index (χ1n) is 5.21. The summed E-state index contributed by atoms with van der Waals surface area (Å²) in [5, 5.41) is 13.5. The van der Waals surface area contributed by atoms with Crippen LogP contribution < -0.4 is 5.73 Å². The standard InChI is InChI=1S/C10H10N6S/c1-2-8-13-14-10-16(8)15-9(17-10)6-3-4-12-7(11)5-6/h3-5H,2H2,1H3,(H2,11,12). The SMILES string of the molecule is CCc1nnc2sc(-c3ccnc(N)c3)nn12. The summed E-state index contributed by atoms with van der Waals surface area (Å²) in [5.74, 6) is 1.36. The van der Waals surface area contributed by atoms with E-state index in [1.165, 1.54) is 11.3 Å². The highest BCUT2D eigenvalue weighted by Gasteiger charge is 2.11. The van der Waals surface area contributed by atoms with E-state index in [9.17, 15) is 0 Å². The van der Waals surface area contributed by atoms with Gasteiger partial charge in [-0.3, -0.25) is 0 Å². The van der Waals surface area contributed by atoms with Crippen LogP contribution in [-0.2, 0) is 6.42 Å². The van der Waals surface area contributed by atoms with E-state index in [1.807, 2.05) is 13.0 Å². The summed E-state index contributed by atoms with van der Waals surface area (Å²) in [5.41, 5.74) is 6.61. The zero-order valence-electron chi connectivity index (χ0n) is 9.16. The Labute approximate surface area is 101 Å². The fourth-order valence-electron chi connectivity index (χ4n) is 1.58. The number of aryl methyl sites for hydroxylation is 1. The number of aromatic nitrogens is 5. The molecule has 86 valence electrons. The fourth-order valence-corrected chi connectivity index (χ4v) is 2.43. The smallest absolute Gasteiger partial charge is 0.234 e. The first kappa shape index (κ1) is 10.2. The number of pyridine rings is 1. The predicted octanol–water partition coefficient (Wildman–Crippen LogP) is 1.39. The van der Waals surface area contributed by atoms with Gasteiger partial charge in [-0.05, 0) is 12.1 Å². The Kier molecular flexibility index (Phi) is 2.25. The minimum Gasteiger partial charge on any atom is -0.384 e. The minimum atomic E-state index is 0.490. The molecule has 0 bridgehead atoms. The van der Waals surface area contributed by atoms with Gasteiger partial charge in [0.15, 0.2) is 5.82 Å². The Morgan fingerprint density at radius 1 is 1.41 bits per heavy atom. The van der Waals surface area contributed by atoms with E-state index in [-0.39, 0.29) is 0 Å². The number of anilines is 1. The Bertz CT molecular complexity index is 670. The first-order valence-corrected chi connectivity index (χ1v) is 6.02. The van der Waals surface area contributed by atoms with Crippen LogP contribution in [0.15, 0.2) is 18.3 Å². The number of fused-ring (bicyclic) bond motifs is 1. The molecule has 0 spiro atoms. The van der Waals surface area contributed by atoms with Crippen molar-refractivity contribution in [2.75, 3.05) is 5.73 Å². The van der Waals surface area contributed by atoms with E-state index < -0.39 is 0 Å². The van der Waals surface area contributed by atoms with Crippen LogP contribution in [-0.4, -0.2) is 24.8 Å². The summed E-state index contributed by atoms with van der Waals surface area (Å²) < 4.78 is 1.77. The van der Waals surface area contributed by atoms with Crippen molar-refractivity contribution in [1.29, 1.82) is 0 Å². The van der Waals surface area contributed by atoms with Crippen molar-refractivity contribution in [3.63, 3.8) is 0 Å². The van der Waals surface area contributed by atoms with Gasteiger partial charge in [-0.2, -0.15) is 9.61 Å². The zero-order valence-corrected chi connectivity index (χ0v) is 9.98. The van der Waals surface area contributed by atoms with E-state index in [0.29, 0.717) is 5.82 Å². The predicted molar refractivity (Wildman–Crippen MR) is 65.7 cm³/mol. The molecule has 0 aliphatic heterocycles. The molecule has 0 radical (unpaired) electrons. The van der Waals surface area contributed by atoms with Gasteiger partial charge >= 0.3 is 0 Å². The van der Waals surface area contributed by atoms with Crippen molar-refractivity contribution in [2.45, 2.75) is 13.3 Å². The molecule has 0 aromatic carbocycles. The van der Waals surface area contributed by atoms with Gasteiger partial charge < -0.3 is 5.73 Å². The molecule has 3 rings (SSSR count). The van der Waals surface area contributed by atoms with E-state index in [0.717, 1.165) is 27.8 Å². The second-order valence-electron chi connectivity index (χ2n) is 3.54. The molecule has 0 aliphatic carbocycles. The van der Waals surface area contributed by atoms with Gasteiger partial charge in [-0.15, -0.1) is 10.2 Å². The number of hydrogen-bond donors (Lipinski definition) is 1. The maximum atomic E-state index is 5.65. The van der Waals surface area contributed by atoms with Gasteiger partial charge in [0.25, 0.3) is 0 Å². The molecule has 2 N–H and O–H groups in total. The second-order valence-corrected chi connectivity index (χ2v) is 4.50. The Hall–Kier alpha value is -2.02. The molecular formula is C10H10N6S. The largest absolute Gasteiger partial charge is 0.384 e. The van der Waals surface area contributed by atoms with Crippen LogP contribution in [0.25, 0.3) is 15.5 Å². The summed E-state index contributed by atoms with van der Waals surface area (Å²) in [7, 11) is 0. The van der Waals surface area contributed by atoms with Crippen molar-refractivity contribution in [1.82, 2.24) is 24.8 Å². The highest BCUT2D eigenvalue weighted by molar-refractivity contribution is 7.19. The summed E-state index contributed by atoms with van der Waals surface area (Å²) in [4.78, 5) is 4.76. The third kappa shape index (κ3) is 1.64. The highest BCUT2D eigenvalue weighted by Crippen LogP contribution is 2.25. The maximum Gasteiger partial charge on any atom is 0.234 e. The molecule has 0 fully saturated rings. The molecule has 0 atom stereocenters. The normalized spacial score (nSPS) is 11.1. The van der Waals surface area contributed by atoms with Crippen LogP contribution in [0.2, 0.25) is 0 Å². The zero-order chi connectivity index (χ0) is 11.8. The molecule has 6 nitrogen and oxygen atoms in total. The molecule has 7 heteroatoms. The fraction of sp³-hybridized carbons (Fsp3) is 0.200. The van der Waals surface area contributed by atoms with E-state index in [2.05, 4.69) is 20.3 Å².